The lowest BCUT2D eigenvalue weighted by Gasteiger charge is -2.21. The molecule has 1 aromatic heterocycles. The van der Waals surface area contributed by atoms with Crippen molar-refractivity contribution in [2.75, 3.05) is 0 Å². The lowest BCUT2D eigenvalue weighted by molar-refractivity contribution is -0.344. The van der Waals surface area contributed by atoms with Gasteiger partial charge in [-0.05, 0) is 6.92 Å². The monoisotopic (exact) mass is 434 g/mol. The first kappa shape index (κ1) is 22.1. The van der Waals surface area contributed by atoms with Gasteiger partial charge in [0.25, 0.3) is 5.56 Å². The van der Waals surface area contributed by atoms with Gasteiger partial charge in [0.05, 0.1) is 6.10 Å². The number of hydrogen-bond donors (Lipinski definition) is 6. The van der Waals surface area contributed by atoms with Gasteiger partial charge in [-0.2, -0.15) is 9.20 Å². The standard InChI is InChI=1S/C10H16N2O13P2/c1-4-3-12(10(16)11-8(4)14)6-2-5(13)7(22-6)9(15)23-24-27(20,21)25-26(17,18)19/h3,5-7,9,13,15H,2H2,1H3,(H,20,21)(H,11,14,16)(H2,17,18,19)/t5-,6-,7+,9+/m0/s1. The smallest absolute Gasteiger partial charge is 0.390 e. The van der Waals surface area contributed by atoms with E-state index in [1.165, 1.54) is 13.1 Å². The summed E-state index contributed by atoms with van der Waals surface area (Å²) in [5.41, 5.74) is -1.29. The molecule has 1 aliphatic rings. The highest BCUT2D eigenvalue weighted by atomic mass is 31.3. The lowest BCUT2D eigenvalue weighted by atomic mass is 10.2. The van der Waals surface area contributed by atoms with Crippen LogP contribution in [0.4, 0.5) is 0 Å². The number of nitrogens with zero attached hydrogens (tertiary/aromatic N) is 1. The highest BCUT2D eigenvalue weighted by Gasteiger charge is 2.43. The summed E-state index contributed by atoms with van der Waals surface area (Å²) in [5.74, 6) is 0. The van der Waals surface area contributed by atoms with Crippen molar-refractivity contribution < 1.29 is 52.6 Å². The summed E-state index contributed by atoms with van der Waals surface area (Å²) >= 11 is 0. The number of nitrogens with one attached hydrogen (secondary N) is 1. The fourth-order valence-electron chi connectivity index (χ4n) is 2.21. The van der Waals surface area contributed by atoms with Gasteiger partial charge in [-0.1, -0.05) is 0 Å². The Bertz CT molecular complexity index is 890. The maximum atomic E-state index is 11.8. The molecule has 1 fully saturated rings. The van der Waals surface area contributed by atoms with Crippen LogP contribution >= 0.6 is 15.6 Å². The Morgan fingerprint density at radius 1 is 1.33 bits per heavy atom. The van der Waals surface area contributed by atoms with Crippen molar-refractivity contribution in [3.8, 4) is 0 Å². The Balaban J connectivity index is 2.05. The molecule has 154 valence electrons. The highest BCUT2D eigenvalue weighted by Crippen LogP contribution is 2.57. The van der Waals surface area contributed by atoms with Crippen LogP contribution in [-0.2, 0) is 27.7 Å². The fraction of sp³-hybridized carbons (Fsp3) is 0.600. The van der Waals surface area contributed by atoms with E-state index in [2.05, 4.69) is 13.9 Å². The zero-order valence-electron chi connectivity index (χ0n) is 13.4. The third-order valence-corrected chi connectivity index (χ3v) is 5.27. The minimum atomic E-state index is -5.40. The van der Waals surface area contributed by atoms with E-state index in [1.54, 1.807) is 0 Å². The number of aliphatic hydroxyl groups is 2. The number of hydrogen-bond acceptors (Lipinski definition) is 10. The molecule has 0 spiro atoms. The van der Waals surface area contributed by atoms with Crippen molar-refractivity contribution >= 4 is 15.6 Å². The van der Waals surface area contributed by atoms with Crippen molar-refractivity contribution in [2.45, 2.75) is 38.1 Å². The Labute approximate surface area is 149 Å². The van der Waals surface area contributed by atoms with Crippen molar-refractivity contribution in [1.29, 1.82) is 0 Å². The molecule has 0 aliphatic carbocycles. The second kappa shape index (κ2) is 8.03. The van der Waals surface area contributed by atoms with Gasteiger partial charge in [-0.3, -0.25) is 14.3 Å². The molecule has 17 heteroatoms. The van der Waals surface area contributed by atoms with Gasteiger partial charge in [0.2, 0.25) is 6.29 Å². The van der Waals surface area contributed by atoms with Crippen molar-refractivity contribution in [2.24, 2.45) is 0 Å². The highest BCUT2D eigenvalue weighted by molar-refractivity contribution is 7.60. The van der Waals surface area contributed by atoms with Crippen LogP contribution in [0.3, 0.4) is 0 Å². The van der Waals surface area contributed by atoms with Crippen LogP contribution in [0.15, 0.2) is 15.8 Å². The minimum absolute atomic E-state index is 0.173. The number of aryl methyl sites for hydroxylation is 1. The molecule has 1 saturated heterocycles. The SMILES string of the molecule is Cc1cn([C@@H]2C[C@H](O)[C@H]([C@H](O)OOP(=O)(O)OP(=O)(O)O)O2)c(=O)[nH]c1=O. The van der Waals surface area contributed by atoms with Crippen LogP contribution in [0.5, 0.6) is 0 Å². The summed E-state index contributed by atoms with van der Waals surface area (Å²) in [7, 11) is -10.8. The van der Waals surface area contributed by atoms with Gasteiger partial charge >= 0.3 is 21.3 Å². The molecule has 0 saturated carbocycles. The van der Waals surface area contributed by atoms with Crippen LogP contribution in [0.25, 0.3) is 0 Å². The van der Waals surface area contributed by atoms with Crippen LogP contribution in [0.1, 0.15) is 18.2 Å². The average Bonchev–Trinajstić information content (AvgIpc) is 2.88. The quantitative estimate of drug-likeness (QED) is 0.118. The van der Waals surface area contributed by atoms with Crippen molar-refractivity contribution in [1.82, 2.24) is 9.55 Å². The van der Waals surface area contributed by atoms with E-state index >= 15 is 0 Å². The summed E-state index contributed by atoms with van der Waals surface area (Å²) in [6.45, 7) is 1.42. The molecule has 0 amide bonds. The number of aliphatic hydroxyl groups excluding tert-OH is 2. The number of rotatable bonds is 7. The minimum Gasteiger partial charge on any atom is -0.390 e. The van der Waals surface area contributed by atoms with E-state index in [0.29, 0.717) is 0 Å². The molecular weight excluding hydrogens is 418 g/mol. The summed E-state index contributed by atoms with van der Waals surface area (Å²) < 4.78 is 35.1. The summed E-state index contributed by atoms with van der Waals surface area (Å²) in [6.07, 6.45) is -5.41. The van der Waals surface area contributed by atoms with Gasteiger partial charge in [0.15, 0.2) is 0 Å². The molecule has 0 aromatic carbocycles. The summed E-state index contributed by atoms with van der Waals surface area (Å²) in [5, 5.41) is 19.7. The normalized spacial score (nSPS) is 26.7. The Kier molecular flexibility index (Phi) is 6.56. The van der Waals surface area contributed by atoms with E-state index in [9.17, 15) is 28.9 Å². The number of H-pyrrole nitrogens is 1. The topological polar surface area (TPSA) is 227 Å². The molecule has 0 bridgehead atoms. The number of ether oxygens (including phenoxy) is 1. The average molecular weight is 434 g/mol. The molecule has 2 rings (SSSR count). The van der Waals surface area contributed by atoms with Gasteiger partial charge < -0.3 is 29.6 Å². The molecule has 0 radical (unpaired) electrons. The fourth-order valence-corrected chi connectivity index (χ4v) is 3.59. The van der Waals surface area contributed by atoms with Gasteiger partial charge in [-0.15, -0.1) is 4.67 Å². The van der Waals surface area contributed by atoms with E-state index < -0.39 is 51.6 Å². The third-order valence-electron chi connectivity index (χ3n) is 3.32. The van der Waals surface area contributed by atoms with Gasteiger partial charge in [-0.25, -0.2) is 13.9 Å². The second-order valence-electron chi connectivity index (χ2n) is 5.44. The molecule has 1 aromatic rings. The molecule has 1 aliphatic heterocycles. The number of aromatic nitrogens is 2. The molecule has 27 heavy (non-hydrogen) atoms. The van der Waals surface area contributed by atoms with Gasteiger partial charge in [0, 0.05) is 18.2 Å². The van der Waals surface area contributed by atoms with Gasteiger partial charge in [0.1, 0.15) is 12.3 Å². The first-order valence-electron chi connectivity index (χ1n) is 7.07. The predicted molar refractivity (Wildman–Crippen MR) is 81.7 cm³/mol. The maximum Gasteiger partial charge on any atom is 0.508 e. The van der Waals surface area contributed by atoms with Crippen molar-refractivity contribution in [3.05, 3.63) is 32.6 Å². The molecular formula is C10H16N2O13P2. The van der Waals surface area contributed by atoms with E-state index in [0.717, 1.165) is 4.57 Å². The summed E-state index contributed by atoms with van der Waals surface area (Å²) in [6, 6.07) is 0. The predicted octanol–water partition coefficient (Wildman–Crippen LogP) is -2.03. The van der Waals surface area contributed by atoms with E-state index in [1.807, 2.05) is 4.98 Å². The summed E-state index contributed by atoms with van der Waals surface area (Å²) in [4.78, 5) is 55.2. The molecule has 1 unspecified atom stereocenters. The third kappa shape index (κ3) is 5.88. The zero-order chi connectivity index (χ0) is 20.6. The molecule has 2 heterocycles. The molecule has 5 atom stereocenters. The van der Waals surface area contributed by atoms with Crippen molar-refractivity contribution in [3.63, 3.8) is 0 Å². The van der Waals surface area contributed by atoms with E-state index in [-0.39, 0.29) is 12.0 Å². The first-order valence-corrected chi connectivity index (χ1v) is 10.1. The second-order valence-corrected chi connectivity index (χ2v) is 8.16. The molecule has 6 N–H and O–H groups in total. The van der Waals surface area contributed by atoms with Crippen LogP contribution in [0.2, 0.25) is 0 Å². The van der Waals surface area contributed by atoms with Crippen LogP contribution in [-0.4, -0.2) is 52.9 Å². The molecule has 15 nitrogen and oxygen atoms in total. The largest absolute Gasteiger partial charge is 0.508 e. The number of phosphoric acid groups is 2. The first-order chi connectivity index (χ1) is 12.3. The van der Waals surface area contributed by atoms with Crippen LogP contribution < -0.4 is 11.2 Å². The Hall–Kier alpha value is -1.22. The Morgan fingerprint density at radius 2 is 1.96 bits per heavy atom. The van der Waals surface area contributed by atoms with Crippen LogP contribution in [0, 0.1) is 6.92 Å². The Morgan fingerprint density at radius 3 is 2.56 bits per heavy atom. The number of aromatic amines is 1. The zero-order valence-corrected chi connectivity index (χ0v) is 15.2. The maximum absolute atomic E-state index is 11.8. The van der Waals surface area contributed by atoms with E-state index in [4.69, 9.17) is 19.4 Å². The lowest BCUT2D eigenvalue weighted by Crippen LogP contribution is -2.37.